The van der Waals surface area contributed by atoms with Crippen LogP contribution in [-0.2, 0) is 6.54 Å². The number of hydrogen-bond donors (Lipinski definition) is 2. The minimum absolute atomic E-state index is 0.0185. The fraction of sp³-hybridized carbons (Fsp3) is 0.300. The predicted octanol–water partition coefficient (Wildman–Crippen LogP) is 3.71. The second-order valence-electron chi connectivity index (χ2n) is 7.25. The van der Waals surface area contributed by atoms with Gasteiger partial charge in [0.1, 0.15) is 17.2 Å². The molecule has 2 atom stereocenters. The van der Waals surface area contributed by atoms with Gasteiger partial charge in [-0.05, 0) is 30.7 Å². The number of fused-ring (bicyclic) bond motifs is 1. The van der Waals surface area contributed by atoms with Crippen LogP contribution in [0.5, 0.6) is 0 Å². The van der Waals surface area contributed by atoms with Gasteiger partial charge >= 0.3 is 6.18 Å². The smallest absolute Gasteiger partial charge is 0.361 e. The summed E-state index contributed by atoms with van der Waals surface area (Å²) in [6.07, 6.45) is -1.18. The highest BCUT2D eigenvalue weighted by Gasteiger charge is 2.47. The van der Waals surface area contributed by atoms with Gasteiger partial charge in [0.2, 0.25) is 0 Å². The first-order valence-electron chi connectivity index (χ1n) is 9.44. The monoisotopic (exact) mass is 434 g/mol. The van der Waals surface area contributed by atoms with Gasteiger partial charge in [0, 0.05) is 12.6 Å². The SMILES string of the molecule is Cc1ccc([C@H]2C[C@@H](C(F)(F)F)n3ncc(C(=O)NCc4ccc(F)cn4)c3N2)nc1. The molecule has 3 aromatic heterocycles. The molecule has 2 N–H and O–H groups in total. The fourth-order valence-corrected chi connectivity index (χ4v) is 3.39. The van der Waals surface area contributed by atoms with E-state index in [1.54, 1.807) is 18.3 Å². The van der Waals surface area contributed by atoms with E-state index in [-0.39, 0.29) is 24.3 Å². The van der Waals surface area contributed by atoms with Gasteiger partial charge in [0.25, 0.3) is 5.91 Å². The number of nitrogens with zero attached hydrogens (tertiary/aromatic N) is 4. The largest absolute Gasteiger partial charge is 0.410 e. The standard InChI is InChI=1S/C20H18F4N6O/c1-11-2-5-15(26-7-11)16-6-17(20(22,23)24)30-18(29-16)14(10-28-30)19(31)27-9-13-4-3-12(21)8-25-13/h2-5,7-8,10,16-17,29H,6,9H2,1H3,(H,27,31)/t16-,17+/m1/s1. The van der Waals surface area contributed by atoms with Crippen molar-refractivity contribution in [2.75, 3.05) is 5.32 Å². The lowest BCUT2D eigenvalue weighted by Gasteiger charge is -2.33. The maximum absolute atomic E-state index is 13.7. The van der Waals surface area contributed by atoms with Gasteiger partial charge in [-0.25, -0.2) is 9.07 Å². The molecule has 0 saturated carbocycles. The first-order valence-corrected chi connectivity index (χ1v) is 9.44. The Hall–Kier alpha value is -3.50. The molecule has 0 bridgehead atoms. The highest BCUT2D eigenvalue weighted by Crippen LogP contribution is 2.43. The fourth-order valence-electron chi connectivity index (χ4n) is 3.39. The zero-order valence-corrected chi connectivity index (χ0v) is 16.3. The summed E-state index contributed by atoms with van der Waals surface area (Å²) in [6.45, 7) is 1.81. The Labute approximate surface area is 174 Å². The van der Waals surface area contributed by atoms with E-state index in [1.165, 1.54) is 12.1 Å². The Balaban J connectivity index is 1.60. The molecule has 3 aromatic rings. The summed E-state index contributed by atoms with van der Waals surface area (Å²) in [7, 11) is 0. The topological polar surface area (TPSA) is 84.7 Å². The van der Waals surface area contributed by atoms with Gasteiger partial charge in [-0.15, -0.1) is 0 Å². The number of nitrogens with one attached hydrogen (secondary N) is 2. The summed E-state index contributed by atoms with van der Waals surface area (Å²) in [5, 5.41) is 9.38. The number of carbonyl (C=O) groups excluding carboxylic acids is 1. The molecular weight excluding hydrogens is 416 g/mol. The van der Waals surface area contributed by atoms with Crippen LogP contribution >= 0.6 is 0 Å². The lowest BCUT2D eigenvalue weighted by molar-refractivity contribution is -0.173. The molecule has 0 radical (unpaired) electrons. The van der Waals surface area contributed by atoms with Crippen molar-refractivity contribution in [1.82, 2.24) is 25.1 Å². The summed E-state index contributed by atoms with van der Waals surface area (Å²) < 4.78 is 55.0. The quantitative estimate of drug-likeness (QED) is 0.612. The Morgan fingerprint density at radius 3 is 2.65 bits per heavy atom. The number of alkyl halides is 3. The first-order chi connectivity index (χ1) is 14.7. The Morgan fingerprint density at radius 2 is 2.00 bits per heavy atom. The average Bonchev–Trinajstić information content (AvgIpc) is 3.16. The number of aryl methyl sites for hydroxylation is 1. The summed E-state index contributed by atoms with van der Waals surface area (Å²) in [5.74, 6) is -1.18. The maximum atomic E-state index is 13.7. The van der Waals surface area contributed by atoms with E-state index in [2.05, 4.69) is 25.7 Å². The third-order valence-corrected chi connectivity index (χ3v) is 4.99. The van der Waals surface area contributed by atoms with E-state index in [1.807, 2.05) is 6.92 Å². The van der Waals surface area contributed by atoms with Crippen LogP contribution in [0.1, 0.15) is 45.8 Å². The Bertz CT molecular complexity index is 1080. The van der Waals surface area contributed by atoms with Gasteiger partial charge in [0.15, 0.2) is 6.04 Å². The Kier molecular flexibility index (Phi) is 5.34. The molecule has 0 fully saturated rings. The number of pyridine rings is 2. The van der Waals surface area contributed by atoms with Crippen LogP contribution in [0.2, 0.25) is 0 Å². The van der Waals surface area contributed by atoms with Crippen molar-refractivity contribution in [3.05, 3.63) is 71.2 Å². The van der Waals surface area contributed by atoms with Gasteiger partial charge in [-0.1, -0.05) is 6.07 Å². The van der Waals surface area contributed by atoms with Crippen molar-refractivity contribution >= 4 is 11.7 Å². The van der Waals surface area contributed by atoms with Crippen LogP contribution in [0.25, 0.3) is 0 Å². The zero-order valence-electron chi connectivity index (χ0n) is 16.3. The van der Waals surface area contributed by atoms with E-state index in [0.717, 1.165) is 22.6 Å². The van der Waals surface area contributed by atoms with E-state index < -0.39 is 30.0 Å². The molecule has 31 heavy (non-hydrogen) atoms. The molecule has 1 amide bonds. The molecule has 4 heterocycles. The first kappa shape index (κ1) is 20.8. The van der Waals surface area contributed by atoms with Gasteiger partial charge in [0.05, 0.1) is 36.4 Å². The lowest BCUT2D eigenvalue weighted by atomic mass is 10.00. The number of anilines is 1. The molecule has 11 heteroatoms. The van der Waals surface area contributed by atoms with Crippen molar-refractivity contribution in [1.29, 1.82) is 0 Å². The molecule has 4 rings (SSSR count). The number of halogens is 4. The van der Waals surface area contributed by atoms with Crippen LogP contribution in [0.3, 0.4) is 0 Å². The lowest BCUT2D eigenvalue weighted by Crippen LogP contribution is -2.36. The summed E-state index contributed by atoms with van der Waals surface area (Å²) in [4.78, 5) is 20.7. The van der Waals surface area contributed by atoms with E-state index >= 15 is 0 Å². The maximum Gasteiger partial charge on any atom is 0.410 e. The molecule has 0 aliphatic carbocycles. The summed E-state index contributed by atoms with van der Waals surface area (Å²) in [5.41, 5.74) is 1.69. The number of carbonyl (C=O) groups is 1. The van der Waals surface area contributed by atoms with Crippen LogP contribution in [0.4, 0.5) is 23.4 Å². The molecule has 0 aromatic carbocycles. The summed E-state index contributed by atoms with van der Waals surface area (Å²) >= 11 is 0. The molecule has 7 nitrogen and oxygen atoms in total. The van der Waals surface area contributed by atoms with E-state index in [9.17, 15) is 22.4 Å². The summed E-state index contributed by atoms with van der Waals surface area (Å²) in [6, 6.07) is 3.37. The second kappa shape index (κ2) is 7.97. The van der Waals surface area contributed by atoms with Gasteiger partial charge < -0.3 is 10.6 Å². The number of aromatic nitrogens is 4. The Morgan fingerprint density at radius 1 is 1.19 bits per heavy atom. The molecule has 162 valence electrons. The van der Waals surface area contributed by atoms with Crippen molar-refractivity contribution < 1.29 is 22.4 Å². The van der Waals surface area contributed by atoms with Gasteiger partial charge in [-0.2, -0.15) is 18.3 Å². The number of amides is 1. The predicted molar refractivity (Wildman–Crippen MR) is 103 cm³/mol. The molecule has 0 spiro atoms. The van der Waals surface area contributed by atoms with E-state index in [0.29, 0.717) is 11.4 Å². The van der Waals surface area contributed by atoms with Crippen LogP contribution in [0.15, 0.2) is 42.9 Å². The van der Waals surface area contributed by atoms with Crippen molar-refractivity contribution in [2.45, 2.75) is 38.1 Å². The highest BCUT2D eigenvalue weighted by atomic mass is 19.4. The number of hydrogen-bond acceptors (Lipinski definition) is 5. The minimum Gasteiger partial charge on any atom is -0.361 e. The molecule has 0 unspecified atom stereocenters. The number of rotatable bonds is 4. The van der Waals surface area contributed by atoms with Crippen LogP contribution in [-0.4, -0.2) is 31.8 Å². The molecular formula is C20H18F4N6O. The molecule has 0 saturated heterocycles. The molecule has 1 aliphatic rings. The van der Waals surface area contributed by atoms with Crippen LogP contribution < -0.4 is 10.6 Å². The van der Waals surface area contributed by atoms with Crippen molar-refractivity contribution in [2.24, 2.45) is 0 Å². The third-order valence-electron chi connectivity index (χ3n) is 4.99. The van der Waals surface area contributed by atoms with Crippen LogP contribution in [0, 0.1) is 12.7 Å². The molecule has 1 aliphatic heterocycles. The normalized spacial score (nSPS) is 18.2. The average molecular weight is 434 g/mol. The third kappa shape index (κ3) is 4.35. The zero-order chi connectivity index (χ0) is 22.2. The van der Waals surface area contributed by atoms with Crippen molar-refractivity contribution in [3.63, 3.8) is 0 Å². The second-order valence-corrected chi connectivity index (χ2v) is 7.25. The van der Waals surface area contributed by atoms with Gasteiger partial charge in [-0.3, -0.25) is 14.8 Å². The highest BCUT2D eigenvalue weighted by molar-refractivity contribution is 5.98. The van der Waals surface area contributed by atoms with Crippen molar-refractivity contribution in [3.8, 4) is 0 Å². The minimum atomic E-state index is -4.56. The van der Waals surface area contributed by atoms with E-state index in [4.69, 9.17) is 0 Å².